The van der Waals surface area contributed by atoms with Crippen LogP contribution in [-0.2, 0) is 9.47 Å². The predicted octanol–water partition coefficient (Wildman–Crippen LogP) is 0.0965. The first-order valence-corrected chi connectivity index (χ1v) is 6.57. The number of carbonyl (C=O) groups is 1. The van der Waals surface area contributed by atoms with E-state index in [-0.39, 0.29) is 6.03 Å². The Balaban J connectivity index is 1.70. The van der Waals surface area contributed by atoms with Gasteiger partial charge in [0.05, 0.1) is 13.2 Å². The van der Waals surface area contributed by atoms with Gasteiger partial charge < -0.3 is 24.6 Å². The van der Waals surface area contributed by atoms with Crippen LogP contribution in [0.25, 0.3) is 0 Å². The smallest absolute Gasteiger partial charge is 0.317 e. The number of likely N-dealkylation sites (tertiary alicyclic amines) is 1. The van der Waals surface area contributed by atoms with Gasteiger partial charge in [0, 0.05) is 39.0 Å². The summed E-state index contributed by atoms with van der Waals surface area (Å²) in [5.41, 5.74) is 0. The van der Waals surface area contributed by atoms with Crippen LogP contribution in [0.15, 0.2) is 0 Å². The maximum Gasteiger partial charge on any atom is 0.317 e. The Morgan fingerprint density at radius 3 is 2.44 bits per heavy atom. The molecule has 1 N–H and O–H groups in total. The Hall–Kier alpha value is -0.850. The van der Waals surface area contributed by atoms with Crippen molar-refractivity contribution in [1.29, 1.82) is 0 Å². The van der Waals surface area contributed by atoms with Gasteiger partial charge in [-0.3, -0.25) is 0 Å². The van der Waals surface area contributed by atoms with E-state index in [0.717, 1.165) is 19.4 Å². The topological polar surface area (TPSA) is 54.0 Å². The molecule has 2 rings (SSSR count). The standard InChI is InChI=1S/C12H23N3O3/c1-14(2)8-5-13-11(16)15-6-3-12(4-7-15)17-9-10-18-12/h3-10H2,1-2H3,(H,13,16). The van der Waals surface area contributed by atoms with E-state index in [9.17, 15) is 4.79 Å². The molecule has 2 amide bonds. The zero-order valence-corrected chi connectivity index (χ0v) is 11.3. The maximum atomic E-state index is 11.9. The van der Waals surface area contributed by atoms with Gasteiger partial charge in [0.2, 0.25) is 0 Å². The number of rotatable bonds is 3. The summed E-state index contributed by atoms with van der Waals surface area (Å²) in [6.45, 7) is 4.29. The third-order valence-electron chi connectivity index (χ3n) is 3.46. The lowest BCUT2D eigenvalue weighted by atomic mass is 10.0. The molecular weight excluding hydrogens is 234 g/mol. The highest BCUT2D eigenvalue weighted by molar-refractivity contribution is 5.74. The molecular formula is C12H23N3O3. The number of piperidine rings is 1. The maximum absolute atomic E-state index is 11.9. The van der Waals surface area contributed by atoms with Crippen LogP contribution in [0.5, 0.6) is 0 Å². The predicted molar refractivity (Wildman–Crippen MR) is 67.4 cm³/mol. The van der Waals surface area contributed by atoms with Crippen molar-refractivity contribution in [2.24, 2.45) is 0 Å². The molecule has 0 radical (unpaired) electrons. The van der Waals surface area contributed by atoms with Gasteiger partial charge >= 0.3 is 6.03 Å². The first-order valence-electron chi connectivity index (χ1n) is 6.57. The van der Waals surface area contributed by atoms with E-state index in [0.29, 0.717) is 32.8 Å². The second-order valence-corrected chi connectivity index (χ2v) is 5.13. The van der Waals surface area contributed by atoms with Crippen molar-refractivity contribution in [3.8, 4) is 0 Å². The lowest BCUT2D eigenvalue weighted by Crippen LogP contribution is -2.51. The molecule has 0 unspecified atom stereocenters. The van der Waals surface area contributed by atoms with Gasteiger partial charge in [0.1, 0.15) is 0 Å². The van der Waals surface area contributed by atoms with Crippen molar-refractivity contribution in [3.63, 3.8) is 0 Å². The van der Waals surface area contributed by atoms with Crippen molar-refractivity contribution in [1.82, 2.24) is 15.1 Å². The molecule has 0 saturated carbocycles. The number of ether oxygens (including phenoxy) is 2. The highest BCUT2D eigenvalue weighted by atomic mass is 16.7. The Labute approximate surface area is 108 Å². The van der Waals surface area contributed by atoms with Crippen molar-refractivity contribution in [2.45, 2.75) is 18.6 Å². The number of urea groups is 1. The molecule has 2 fully saturated rings. The number of likely N-dealkylation sites (N-methyl/N-ethyl adjacent to an activating group) is 1. The number of hydrogen-bond donors (Lipinski definition) is 1. The number of carbonyl (C=O) groups excluding carboxylic acids is 1. The molecule has 6 heteroatoms. The largest absolute Gasteiger partial charge is 0.347 e. The number of hydrogen-bond acceptors (Lipinski definition) is 4. The summed E-state index contributed by atoms with van der Waals surface area (Å²) >= 11 is 0. The quantitative estimate of drug-likeness (QED) is 0.779. The summed E-state index contributed by atoms with van der Waals surface area (Å²) in [6, 6.07) is 0.0182. The van der Waals surface area contributed by atoms with Crippen molar-refractivity contribution in [2.75, 3.05) is 53.5 Å². The Bertz CT molecular complexity index is 280. The molecule has 0 bridgehead atoms. The van der Waals surface area contributed by atoms with Crippen LogP contribution in [0.3, 0.4) is 0 Å². The number of nitrogens with one attached hydrogen (secondary N) is 1. The van der Waals surface area contributed by atoms with Crippen LogP contribution < -0.4 is 5.32 Å². The minimum Gasteiger partial charge on any atom is -0.347 e. The molecule has 0 aromatic heterocycles. The van der Waals surface area contributed by atoms with Gasteiger partial charge in [-0.2, -0.15) is 0 Å². The average Bonchev–Trinajstić information content (AvgIpc) is 2.78. The summed E-state index contributed by atoms with van der Waals surface area (Å²) in [5, 5.41) is 2.93. The van der Waals surface area contributed by atoms with Crippen LogP contribution in [0, 0.1) is 0 Å². The summed E-state index contributed by atoms with van der Waals surface area (Å²) in [6.07, 6.45) is 1.54. The first kappa shape index (κ1) is 13.6. The molecule has 2 aliphatic heterocycles. The molecule has 18 heavy (non-hydrogen) atoms. The molecule has 0 aliphatic carbocycles. The van der Waals surface area contributed by atoms with Crippen LogP contribution >= 0.6 is 0 Å². The lowest BCUT2D eigenvalue weighted by Gasteiger charge is -2.37. The summed E-state index contributed by atoms with van der Waals surface area (Å²) < 4.78 is 11.3. The van der Waals surface area contributed by atoms with Gasteiger partial charge in [-0.15, -0.1) is 0 Å². The van der Waals surface area contributed by atoms with Crippen molar-refractivity contribution in [3.05, 3.63) is 0 Å². The highest BCUT2D eigenvalue weighted by Gasteiger charge is 2.40. The van der Waals surface area contributed by atoms with Crippen LogP contribution in [0.1, 0.15) is 12.8 Å². The number of amides is 2. The summed E-state index contributed by atoms with van der Waals surface area (Å²) in [5.74, 6) is -0.402. The van der Waals surface area contributed by atoms with E-state index in [1.807, 2.05) is 23.9 Å². The molecule has 2 aliphatic rings. The Morgan fingerprint density at radius 1 is 1.28 bits per heavy atom. The Morgan fingerprint density at radius 2 is 1.89 bits per heavy atom. The van der Waals surface area contributed by atoms with Crippen LogP contribution in [0.4, 0.5) is 4.79 Å². The first-order chi connectivity index (χ1) is 8.61. The molecule has 0 atom stereocenters. The molecule has 0 aromatic carbocycles. The summed E-state index contributed by atoms with van der Waals surface area (Å²) in [7, 11) is 3.98. The van der Waals surface area contributed by atoms with E-state index in [4.69, 9.17) is 9.47 Å². The SMILES string of the molecule is CN(C)CCNC(=O)N1CCC2(CC1)OCCO2. The molecule has 6 nitrogen and oxygen atoms in total. The van der Waals surface area contributed by atoms with E-state index < -0.39 is 5.79 Å². The fourth-order valence-corrected chi connectivity index (χ4v) is 2.33. The van der Waals surface area contributed by atoms with E-state index in [1.54, 1.807) is 0 Å². The Kier molecular flexibility index (Phi) is 4.42. The van der Waals surface area contributed by atoms with E-state index >= 15 is 0 Å². The van der Waals surface area contributed by atoms with Crippen molar-refractivity contribution < 1.29 is 14.3 Å². The molecule has 104 valence electrons. The second kappa shape index (κ2) is 5.86. The normalized spacial score (nSPS) is 22.7. The van der Waals surface area contributed by atoms with Crippen molar-refractivity contribution >= 4 is 6.03 Å². The zero-order chi connectivity index (χ0) is 13.0. The van der Waals surface area contributed by atoms with Crippen LogP contribution in [0.2, 0.25) is 0 Å². The monoisotopic (exact) mass is 257 g/mol. The van der Waals surface area contributed by atoms with Crippen LogP contribution in [-0.4, -0.2) is 75.1 Å². The lowest BCUT2D eigenvalue weighted by molar-refractivity contribution is -0.181. The fourth-order valence-electron chi connectivity index (χ4n) is 2.33. The molecule has 2 saturated heterocycles. The third kappa shape index (κ3) is 3.34. The number of nitrogens with zero attached hydrogens (tertiary/aromatic N) is 2. The van der Waals surface area contributed by atoms with E-state index in [2.05, 4.69) is 5.32 Å². The fraction of sp³-hybridized carbons (Fsp3) is 0.917. The highest BCUT2D eigenvalue weighted by Crippen LogP contribution is 2.31. The minimum atomic E-state index is -0.402. The van der Waals surface area contributed by atoms with Gasteiger partial charge in [0.15, 0.2) is 5.79 Å². The summed E-state index contributed by atoms with van der Waals surface area (Å²) in [4.78, 5) is 15.8. The second-order valence-electron chi connectivity index (χ2n) is 5.13. The zero-order valence-electron chi connectivity index (χ0n) is 11.3. The molecule has 2 heterocycles. The van der Waals surface area contributed by atoms with E-state index in [1.165, 1.54) is 0 Å². The van der Waals surface area contributed by atoms with Gasteiger partial charge in [-0.1, -0.05) is 0 Å². The van der Waals surface area contributed by atoms with Gasteiger partial charge in [-0.05, 0) is 14.1 Å². The minimum absolute atomic E-state index is 0.0182. The van der Waals surface area contributed by atoms with Gasteiger partial charge in [0.25, 0.3) is 0 Å². The average molecular weight is 257 g/mol. The van der Waals surface area contributed by atoms with Gasteiger partial charge in [-0.25, -0.2) is 4.79 Å². The molecule has 1 spiro atoms. The third-order valence-corrected chi connectivity index (χ3v) is 3.46. The molecule has 0 aromatic rings.